The van der Waals surface area contributed by atoms with E-state index < -0.39 is 0 Å². The quantitative estimate of drug-likeness (QED) is 0.572. The molecule has 20 heavy (non-hydrogen) atoms. The van der Waals surface area contributed by atoms with E-state index in [1.165, 1.54) is 0 Å². The molecule has 0 radical (unpaired) electrons. The van der Waals surface area contributed by atoms with Gasteiger partial charge in [0.2, 0.25) is 0 Å². The highest BCUT2D eigenvalue weighted by Gasteiger charge is 2.04. The number of methoxy groups -OCH3 is 1. The molecule has 0 spiro atoms. The van der Waals surface area contributed by atoms with Crippen molar-refractivity contribution in [2.24, 2.45) is 0 Å². The number of aldehydes is 1. The summed E-state index contributed by atoms with van der Waals surface area (Å²) in [5.41, 5.74) is 2.80. The van der Waals surface area contributed by atoms with E-state index in [1.807, 2.05) is 42.5 Å². The zero-order valence-corrected chi connectivity index (χ0v) is 11.5. The van der Waals surface area contributed by atoms with Crippen LogP contribution in [0.2, 0.25) is 0 Å². The minimum Gasteiger partial charge on any atom is -0.496 e. The highest BCUT2D eigenvalue weighted by atomic mass is 16.5. The Hall–Kier alpha value is -2.13. The lowest BCUT2D eigenvalue weighted by Crippen LogP contribution is -2.01. The highest BCUT2D eigenvalue weighted by Crippen LogP contribution is 2.20. The summed E-state index contributed by atoms with van der Waals surface area (Å²) in [7, 11) is 1.63. The van der Waals surface area contributed by atoms with Gasteiger partial charge in [-0.1, -0.05) is 30.3 Å². The van der Waals surface area contributed by atoms with Crippen LogP contribution in [0.3, 0.4) is 0 Å². The Morgan fingerprint density at radius 2 is 1.90 bits per heavy atom. The second-order valence-electron chi connectivity index (χ2n) is 4.48. The van der Waals surface area contributed by atoms with E-state index in [4.69, 9.17) is 9.47 Å². The SMILES string of the molecule is COc1ccc(C=O)cc1CCOCc1ccccc1. The Morgan fingerprint density at radius 1 is 1.10 bits per heavy atom. The summed E-state index contributed by atoms with van der Waals surface area (Å²) in [6.07, 6.45) is 1.56. The van der Waals surface area contributed by atoms with E-state index in [2.05, 4.69) is 0 Å². The zero-order valence-electron chi connectivity index (χ0n) is 11.5. The Labute approximate surface area is 119 Å². The molecule has 0 fully saturated rings. The van der Waals surface area contributed by atoms with Gasteiger partial charge in [-0.05, 0) is 35.7 Å². The lowest BCUT2D eigenvalue weighted by Gasteiger charge is -2.09. The predicted molar refractivity (Wildman–Crippen MR) is 78.2 cm³/mol. The molecule has 0 amide bonds. The van der Waals surface area contributed by atoms with Gasteiger partial charge in [-0.2, -0.15) is 0 Å². The van der Waals surface area contributed by atoms with Crippen LogP contribution in [0.25, 0.3) is 0 Å². The molecule has 0 atom stereocenters. The van der Waals surface area contributed by atoms with Crippen molar-refractivity contribution in [2.75, 3.05) is 13.7 Å². The van der Waals surface area contributed by atoms with E-state index in [0.29, 0.717) is 18.8 Å². The third-order valence-corrected chi connectivity index (χ3v) is 3.07. The van der Waals surface area contributed by atoms with Crippen LogP contribution in [-0.2, 0) is 17.8 Å². The first-order chi connectivity index (χ1) is 9.83. The molecule has 0 aromatic heterocycles. The molecule has 0 N–H and O–H groups in total. The number of carbonyl (C=O) groups excluding carboxylic acids is 1. The molecular formula is C17H18O3. The maximum absolute atomic E-state index is 10.8. The van der Waals surface area contributed by atoms with Crippen LogP contribution >= 0.6 is 0 Å². The van der Waals surface area contributed by atoms with E-state index in [9.17, 15) is 4.79 Å². The first-order valence-electron chi connectivity index (χ1n) is 6.57. The Balaban J connectivity index is 1.88. The van der Waals surface area contributed by atoms with E-state index in [0.717, 1.165) is 29.6 Å². The molecule has 3 heteroatoms. The molecule has 0 aliphatic carbocycles. The Bertz CT molecular complexity index is 549. The van der Waals surface area contributed by atoms with Crippen LogP contribution in [0, 0.1) is 0 Å². The van der Waals surface area contributed by atoms with Gasteiger partial charge in [0.15, 0.2) is 0 Å². The monoisotopic (exact) mass is 270 g/mol. The highest BCUT2D eigenvalue weighted by molar-refractivity contribution is 5.75. The molecule has 2 aromatic rings. The van der Waals surface area contributed by atoms with Gasteiger partial charge in [0.25, 0.3) is 0 Å². The Morgan fingerprint density at radius 3 is 2.60 bits per heavy atom. The fourth-order valence-corrected chi connectivity index (χ4v) is 2.01. The first-order valence-corrected chi connectivity index (χ1v) is 6.57. The van der Waals surface area contributed by atoms with Crippen molar-refractivity contribution in [2.45, 2.75) is 13.0 Å². The maximum Gasteiger partial charge on any atom is 0.150 e. The van der Waals surface area contributed by atoms with Crippen molar-refractivity contribution in [3.63, 3.8) is 0 Å². The van der Waals surface area contributed by atoms with Crippen molar-refractivity contribution in [3.05, 3.63) is 65.2 Å². The van der Waals surface area contributed by atoms with Gasteiger partial charge in [0, 0.05) is 5.56 Å². The van der Waals surface area contributed by atoms with Gasteiger partial charge in [0.1, 0.15) is 12.0 Å². The summed E-state index contributed by atoms with van der Waals surface area (Å²) in [6.45, 7) is 1.18. The number of rotatable bonds is 7. The number of ether oxygens (including phenoxy) is 2. The molecule has 3 nitrogen and oxygen atoms in total. The molecule has 0 bridgehead atoms. The minimum atomic E-state index is 0.591. The standard InChI is InChI=1S/C17H18O3/c1-19-17-8-7-15(12-18)11-16(17)9-10-20-13-14-5-3-2-4-6-14/h2-8,11-12H,9-10,13H2,1H3. The first kappa shape index (κ1) is 14.3. The molecule has 0 aliphatic heterocycles. The molecular weight excluding hydrogens is 252 g/mol. The van der Waals surface area contributed by atoms with E-state index >= 15 is 0 Å². The van der Waals surface area contributed by atoms with Gasteiger partial charge >= 0.3 is 0 Å². The van der Waals surface area contributed by atoms with Gasteiger partial charge in [0.05, 0.1) is 20.3 Å². The van der Waals surface area contributed by atoms with Crippen LogP contribution < -0.4 is 4.74 Å². The van der Waals surface area contributed by atoms with Crippen molar-refractivity contribution in [1.82, 2.24) is 0 Å². The van der Waals surface area contributed by atoms with Gasteiger partial charge in [-0.15, -0.1) is 0 Å². The lowest BCUT2D eigenvalue weighted by atomic mass is 10.1. The van der Waals surface area contributed by atoms with Gasteiger partial charge in [-0.25, -0.2) is 0 Å². The fourth-order valence-electron chi connectivity index (χ4n) is 2.01. The maximum atomic E-state index is 10.8. The third-order valence-electron chi connectivity index (χ3n) is 3.07. The normalized spacial score (nSPS) is 10.2. The van der Waals surface area contributed by atoms with Crippen LogP contribution in [0.5, 0.6) is 5.75 Å². The van der Waals surface area contributed by atoms with Crippen molar-refractivity contribution in [3.8, 4) is 5.75 Å². The van der Waals surface area contributed by atoms with E-state index in [1.54, 1.807) is 13.2 Å². The number of hydrogen-bond acceptors (Lipinski definition) is 3. The smallest absolute Gasteiger partial charge is 0.150 e. The topological polar surface area (TPSA) is 35.5 Å². The number of benzene rings is 2. The summed E-state index contributed by atoms with van der Waals surface area (Å²) in [5, 5.41) is 0. The minimum absolute atomic E-state index is 0.591. The summed E-state index contributed by atoms with van der Waals surface area (Å²) >= 11 is 0. The molecule has 2 rings (SSSR count). The van der Waals surface area contributed by atoms with Crippen LogP contribution in [0.15, 0.2) is 48.5 Å². The summed E-state index contributed by atoms with van der Waals surface area (Å²) < 4.78 is 10.9. The molecule has 104 valence electrons. The largest absolute Gasteiger partial charge is 0.496 e. The van der Waals surface area contributed by atoms with Crippen LogP contribution in [0.4, 0.5) is 0 Å². The lowest BCUT2D eigenvalue weighted by molar-refractivity contribution is 0.112. The average Bonchev–Trinajstić information content (AvgIpc) is 2.52. The molecule has 0 saturated carbocycles. The fraction of sp³-hybridized carbons (Fsp3) is 0.235. The molecule has 0 heterocycles. The van der Waals surface area contributed by atoms with Crippen molar-refractivity contribution >= 4 is 6.29 Å². The second kappa shape index (κ2) is 7.46. The summed E-state index contributed by atoms with van der Waals surface area (Å²) in [5.74, 6) is 0.791. The number of carbonyl (C=O) groups is 1. The van der Waals surface area contributed by atoms with Crippen molar-refractivity contribution < 1.29 is 14.3 Å². The molecule has 0 aliphatic rings. The van der Waals surface area contributed by atoms with Crippen LogP contribution in [0.1, 0.15) is 21.5 Å². The Kier molecular flexibility index (Phi) is 5.33. The molecule has 0 saturated heterocycles. The van der Waals surface area contributed by atoms with Crippen LogP contribution in [-0.4, -0.2) is 20.0 Å². The number of hydrogen-bond donors (Lipinski definition) is 0. The van der Waals surface area contributed by atoms with Crippen molar-refractivity contribution in [1.29, 1.82) is 0 Å². The van der Waals surface area contributed by atoms with E-state index in [-0.39, 0.29) is 0 Å². The average molecular weight is 270 g/mol. The van der Waals surface area contributed by atoms with Gasteiger partial charge < -0.3 is 9.47 Å². The molecule has 2 aromatic carbocycles. The third kappa shape index (κ3) is 3.93. The van der Waals surface area contributed by atoms with Gasteiger partial charge in [-0.3, -0.25) is 4.79 Å². The summed E-state index contributed by atoms with van der Waals surface area (Å²) in [4.78, 5) is 10.8. The predicted octanol–water partition coefficient (Wildman–Crippen LogP) is 3.27. The zero-order chi connectivity index (χ0) is 14.2. The second-order valence-corrected chi connectivity index (χ2v) is 4.48. The molecule has 0 unspecified atom stereocenters. The summed E-state index contributed by atoms with van der Waals surface area (Å²) in [6, 6.07) is 15.5.